The summed E-state index contributed by atoms with van der Waals surface area (Å²) >= 11 is 5.82. The Bertz CT molecular complexity index is 317. The van der Waals surface area contributed by atoms with Crippen molar-refractivity contribution in [3.63, 3.8) is 0 Å². The van der Waals surface area contributed by atoms with Crippen LogP contribution in [0.15, 0.2) is 6.33 Å². The van der Waals surface area contributed by atoms with Gasteiger partial charge >= 0.3 is 0 Å². The molecule has 1 rings (SSSR count). The normalized spacial score (nSPS) is 14.9. The smallest absolute Gasteiger partial charge is 0.137 e. The molecule has 0 aliphatic carbocycles. The van der Waals surface area contributed by atoms with Crippen molar-refractivity contribution in [2.24, 2.45) is 0 Å². The molecule has 2 N–H and O–H groups in total. The molecular formula is C9H14ClN3O. The van der Waals surface area contributed by atoms with Crippen LogP contribution in [0.1, 0.15) is 19.4 Å². The number of aliphatic hydroxyl groups is 1. The van der Waals surface area contributed by atoms with E-state index in [0.717, 1.165) is 5.56 Å². The van der Waals surface area contributed by atoms with Crippen molar-refractivity contribution in [2.45, 2.75) is 32.9 Å². The number of nitrogens with zero attached hydrogens (tertiary/aromatic N) is 2. The molecule has 4 nitrogen and oxygen atoms in total. The van der Waals surface area contributed by atoms with Crippen molar-refractivity contribution >= 4 is 17.4 Å². The Balaban J connectivity index is 2.82. The van der Waals surface area contributed by atoms with Crippen LogP contribution in [0.5, 0.6) is 0 Å². The van der Waals surface area contributed by atoms with Gasteiger partial charge in [0.25, 0.3) is 0 Å². The maximum Gasteiger partial charge on any atom is 0.137 e. The number of hydrogen-bond acceptors (Lipinski definition) is 4. The predicted octanol–water partition coefficient (Wildman–Crippen LogP) is 1.62. The zero-order valence-corrected chi connectivity index (χ0v) is 9.21. The number of aliphatic hydroxyl groups excluding tert-OH is 1. The van der Waals surface area contributed by atoms with Crippen LogP contribution in [-0.4, -0.2) is 27.2 Å². The second-order valence-electron chi connectivity index (χ2n) is 3.31. The maximum absolute atomic E-state index is 9.30. The monoisotopic (exact) mass is 215 g/mol. The molecule has 14 heavy (non-hydrogen) atoms. The first-order valence-electron chi connectivity index (χ1n) is 4.44. The van der Waals surface area contributed by atoms with Crippen LogP contribution in [-0.2, 0) is 0 Å². The first kappa shape index (κ1) is 11.2. The van der Waals surface area contributed by atoms with Crippen molar-refractivity contribution in [3.05, 3.63) is 17.0 Å². The van der Waals surface area contributed by atoms with Crippen molar-refractivity contribution < 1.29 is 5.11 Å². The Kier molecular flexibility index (Phi) is 3.66. The summed E-state index contributed by atoms with van der Waals surface area (Å²) in [5.41, 5.74) is 0.793. The minimum atomic E-state index is -0.442. The first-order chi connectivity index (χ1) is 6.52. The average molecular weight is 216 g/mol. The third-order valence-electron chi connectivity index (χ3n) is 2.11. The molecule has 0 amide bonds. The van der Waals surface area contributed by atoms with Gasteiger partial charge in [0.15, 0.2) is 0 Å². The predicted molar refractivity (Wildman–Crippen MR) is 56.5 cm³/mol. The van der Waals surface area contributed by atoms with Crippen LogP contribution in [0.3, 0.4) is 0 Å². The summed E-state index contributed by atoms with van der Waals surface area (Å²) in [7, 11) is 0. The van der Waals surface area contributed by atoms with E-state index in [1.165, 1.54) is 6.33 Å². The van der Waals surface area contributed by atoms with Crippen molar-refractivity contribution in [1.29, 1.82) is 0 Å². The Morgan fingerprint density at radius 1 is 1.43 bits per heavy atom. The van der Waals surface area contributed by atoms with E-state index >= 15 is 0 Å². The van der Waals surface area contributed by atoms with Gasteiger partial charge in [-0.25, -0.2) is 9.97 Å². The summed E-state index contributed by atoms with van der Waals surface area (Å²) in [4.78, 5) is 7.89. The molecule has 1 aromatic rings. The van der Waals surface area contributed by atoms with Crippen LogP contribution < -0.4 is 5.32 Å². The quantitative estimate of drug-likeness (QED) is 0.753. The third kappa shape index (κ3) is 2.56. The summed E-state index contributed by atoms with van der Waals surface area (Å²) < 4.78 is 0. The molecule has 1 heterocycles. The summed E-state index contributed by atoms with van der Waals surface area (Å²) in [6.45, 7) is 5.43. The van der Waals surface area contributed by atoms with E-state index in [1.54, 1.807) is 6.92 Å². The number of hydrogen-bond donors (Lipinski definition) is 2. The van der Waals surface area contributed by atoms with Crippen molar-refractivity contribution in [2.75, 3.05) is 5.32 Å². The third-order valence-corrected chi connectivity index (χ3v) is 2.49. The van der Waals surface area contributed by atoms with Crippen molar-refractivity contribution in [1.82, 2.24) is 9.97 Å². The van der Waals surface area contributed by atoms with E-state index in [2.05, 4.69) is 15.3 Å². The summed E-state index contributed by atoms with van der Waals surface area (Å²) in [5, 5.41) is 12.8. The van der Waals surface area contributed by atoms with E-state index in [9.17, 15) is 5.11 Å². The number of halogens is 1. The van der Waals surface area contributed by atoms with Crippen molar-refractivity contribution in [3.8, 4) is 0 Å². The van der Waals surface area contributed by atoms with Gasteiger partial charge in [-0.1, -0.05) is 11.6 Å². The summed E-state index contributed by atoms with van der Waals surface area (Å²) in [6.07, 6.45) is 0.954. The molecule has 0 spiro atoms. The minimum Gasteiger partial charge on any atom is -0.391 e. The lowest BCUT2D eigenvalue weighted by Crippen LogP contribution is -2.28. The molecule has 2 atom stereocenters. The second kappa shape index (κ2) is 4.57. The van der Waals surface area contributed by atoms with E-state index in [-0.39, 0.29) is 6.04 Å². The van der Waals surface area contributed by atoms with Gasteiger partial charge in [-0.3, -0.25) is 0 Å². The number of anilines is 1. The Morgan fingerprint density at radius 2 is 2.07 bits per heavy atom. The standard InChI is InChI=1S/C9H14ClN3O/c1-5-8(10)11-4-12-9(5)13-6(2)7(3)14/h4,6-7,14H,1-3H3,(H,11,12,13). The average Bonchev–Trinajstić information content (AvgIpc) is 2.12. The minimum absolute atomic E-state index is 0.0698. The molecule has 78 valence electrons. The van der Waals surface area contributed by atoms with E-state index in [4.69, 9.17) is 11.6 Å². The molecule has 2 unspecified atom stereocenters. The Hall–Kier alpha value is -0.870. The Labute approximate surface area is 88.3 Å². The highest BCUT2D eigenvalue weighted by Crippen LogP contribution is 2.18. The van der Waals surface area contributed by atoms with Gasteiger partial charge in [0, 0.05) is 5.56 Å². The van der Waals surface area contributed by atoms with Gasteiger partial charge in [0.05, 0.1) is 12.1 Å². The highest BCUT2D eigenvalue weighted by atomic mass is 35.5. The molecular weight excluding hydrogens is 202 g/mol. The van der Waals surface area contributed by atoms with Gasteiger partial charge in [0.2, 0.25) is 0 Å². The van der Waals surface area contributed by atoms with Gasteiger partial charge in [-0.05, 0) is 20.8 Å². The lowest BCUT2D eigenvalue weighted by atomic mass is 10.2. The molecule has 5 heteroatoms. The molecule has 0 bridgehead atoms. The van der Waals surface area contributed by atoms with Gasteiger partial charge in [-0.15, -0.1) is 0 Å². The molecule has 0 aromatic carbocycles. The highest BCUT2D eigenvalue weighted by molar-refractivity contribution is 6.30. The van der Waals surface area contributed by atoms with E-state index < -0.39 is 6.10 Å². The molecule has 0 saturated heterocycles. The van der Waals surface area contributed by atoms with Gasteiger partial charge in [-0.2, -0.15) is 0 Å². The van der Waals surface area contributed by atoms with Crippen LogP contribution in [0.25, 0.3) is 0 Å². The molecule has 1 aromatic heterocycles. The van der Waals surface area contributed by atoms with E-state index in [1.807, 2.05) is 13.8 Å². The molecule has 0 aliphatic heterocycles. The van der Waals surface area contributed by atoms with Gasteiger partial charge in [0.1, 0.15) is 17.3 Å². The lowest BCUT2D eigenvalue weighted by Gasteiger charge is -2.18. The van der Waals surface area contributed by atoms with Crippen LogP contribution in [0.2, 0.25) is 5.15 Å². The zero-order chi connectivity index (χ0) is 10.7. The number of rotatable bonds is 3. The number of nitrogens with one attached hydrogen (secondary N) is 1. The summed E-state index contributed by atoms with van der Waals surface area (Å²) in [5.74, 6) is 0.665. The van der Waals surface area contributed by atoms with Gasteiger partial charge < -0.3 is 10.4 Å². The van der Waals surface area contributed by atoms with Crippen LogP contribution in [0, 0.1) is 6.92 Å². The second-order valence-corrected chi connectivity index (χ2v) is 3.67. The number of aromatic nitrogens is 2. The maximum atomic E-state index is 9.30. The van der Waals surface area contributed by atoms with Crippen LogP contribution >= 0.6 is 11.6 Å². The first-order valence-corrected chi connectivity index (χ1v) is 4.82. The fraction of sp³-hybridized carbons (Fsp3) is 0.556. The molecule has 0 fully saturated rings. The molecule has 0 saturated carbocycles. The van der Waals surface area contributed by atoms with Crippen LogP contribution in [0.4, 0.5) is 5.82 Å². The fourth-order valence-electron chi connectivity index (χ4n) is 0.910. The fourth-order valence-corrected chi connectivity index (χ4v) is 1.04. The van der Waals surface area contributed by atoms with E-state index in [0.29, 0.717) is 11.0 Å². The largest absolute Gasteiger partial charge is 0.391 e. The molecule has 0 aliphatic rings. The SMILES string of the molecule is Cc1c(Cl)ncnc1NC(C)C(C)O. The zero-order valence-electron chi connectivity index (χ0n) is 8.45. The summed E-state index contributed by atoms with van der Waals surface area (Å²) in [6, 6.07) is -0.0698. The Morgan fingerprint density at radius 3 is 2.64 bits per heavy atom. The highest BCUT2D eigenvalue weighted by Gasteiger charge is 2.11. The molecule has 0 radical (unpaired) electrons. The topological polar surface area (TPSA) is 58.0 Å². The lowest BCUT2D eigenvalue weighted by molar-refractivity contribution is 0.177.